The van der Waals surface area contributed by atoms with Crippen LogP contribution < -0.4 is 4.74 Å². The third-order valence-electron chi connectivity index (χ3n) is 4.82. The van der Waals surface area contributed by atoms with Crippen LogP contribution in [-0.4, -0.2) is 18.6 Å². The smallest absolute Gasteiger partial charge is 0.118 e. The van der Waals surface area contributed by atoms with Crippen LogP contribution in [0.1, 0.15) is 41.1 Å². The Kier molecular flexibility index (Phi) is 4.49. The van der Waals surface area contributed by atoms with Gasteiger partial charge in [0, 0.05) is 12.6 Å². The van der Waals surface area contributed by atoms with E-state index in [1.165, 1.54) is 41.6 Å². The van der Waals surface area contributed by atoms with E-state index in [1.54, 1.807) is 7.11 Å². The first-order valence-electron chi connectivity index (χ1n) is 8.11. The number of hydrogen-bond acceptors (Lipinski definition) is 2. The Morgan fingerprint density at radius 2 is 1.82 bits per heavy atom. The van der Waals surface area contributed by atoms with Gasteiger partial charge in [-0.3, -0.25) is 4.90 Å². The number of benzene rings is 2. The van der Waals surface area contributed by atoms with E-state index in [4.69, 9.17) is 4.74 Å². The molecule has 3 rings (SSSR count). The lowest BCUT2D eigenvalue weighted by Gasteiger charge is -2.25. The minimum absolute atomic E-state index is 0.535. The van der Waals surface area contributed by atoms with Crippen LogP contribution >= 0.6 is 0 Å². The van der Waals surface area contributed by atoms with Crippen LogP contribution in [0.2, 0.25) is 0 Å². The molecule has 22 heavy (non-hydrogen) atoms. The van der Waals surface area contributed by atoms with Crippen molar-refractivity contribution in [3.8, 4) is 5.75 Å². The number of aryl methyl sites for hydroxylation is 2. The van der Waals surface area contributed by atoms with Crippen molar-refractivity contribution < 1.29 is 4.74 Å². The van der Waals surface area contributed by atoms with Gasteiger partial charge < -0.3 is 4.74 Å². The van der Waals surface area contributed by atoms with Crippen LogP contribution in [-0.2, 0) is 6.54 Å². The van der Waals surface area contributed by atoms with Crippen LogP contribution in [0.3, 0.4) is 0 Å². The molecule has 0 aliphatic carbocycles. The quantitative estimate of drug-likeness (QED) is 0.814. The fraction of sp³-hybridized carbons (Fsp3) is 0.400. The maximum Gasteiger partial charge on any atom is 0.118 e. The van der Waals surface area contributed by atoms with Gasteiger partial charge in [0.2, 0.25) is 0 Å². The molecule has 0 spiro atoms. The topological polar surface area (TPSA) is 12.5 Å². The summed E-state index contributed by atoms with van der Waals surface area (Å²) >= 11 is 0. The molecular formula is C20H25NO. The fourth-order valence-electron chi connectivity index (χ4n) is 3.36. The Labute approximate surface area is 133 Å². The Hall–Kier alpha value is -1.80. The van der Waals surface area contributed by atoms with Gasteiger partial charge in [-0.05, 0) is 67.6 Å². The number of methoxy groups -OCH3 is 1. The van der Waals surface area contributed by atoms with Gasteiger partial charge in [-0.2, -0.15) is 0 Å². The van der Waals surface area contributed by atoms with Gasteiger partial charge in [-0.25, -0.2) is 0 Å². The lowest BCUT2D eigenvalue weighted by atomic mass is 10.0. The molecular weight excluding hydrogens is 270 g/mol. The molecule has 1 aliphatic heterocycles. The second-order valence-corrected chi connectivity index (χ2v) is 6.32. The number of ether oxygens (including phenoxy) is 1. The van der Waals surface area contributed by atoms with Crippen LogP contribution in [0, 0.1) is 13.8 Å². The second kappa shape index (κ2) is 6.53. The molecule has 1 saturated heterocycles. The first-order valence-corrected chi connectivity index (χ1v) is 8.11. The van der Waals surface area contributed by atoms with Crippen molar-refractivity contribution in [3.63, 3.8) is 0 Å². The van der Waals surface area contributed by atoms with E-state index in [9.17, 15) is 0 Å². The fourth-order valence-corrected chi connectivity index (χ4v) is 3.36. The molecule has 116 valence electrons. The highest BCUT2D eigenvalue weighted by atomic mass is 16.5. The van der Waals surface area contributed by atoms with Gasteiger partial charge in [-0.1, -0.05) is 30.3 Å². The van der Waals surface area contributed by atoms with E-state index in [0.29, 0.717) is 6.04 Å². The zero-order valence-electron chi connectivity index (χ0n) is 13.8. The molecule has 0 N–H and O–H groups in total. The molecule has 2 heteroatoms. The maximum atomic E-state index is 5.27. The summed E-state index contributed by atoms with van der Waals surface area (Å²) in [6.07, 6.45) is 2.53. The Bertz CT molecular complexity index is 633. The van der Waals surface area contributed by atoms with Crippen LogP contribution in [0.4, 0.5) is 0 Å². The van der Waals surface area contributed by atoms with E-state index in [2.05, 4.69) is 61.2 Å². The predicted octanol–water partition coefficient (Wildman–Crippen LogP) is 4.65. The first kappa shape index (κ1) is 15.1. The van der Waals surface area contributed by atoms with Crippen LogP contribution in [0.15, 0.2) is 42.5 Å². The molecule has 0 amide bonds. The Morgan fingerprint density at radius 1 is 1.05 bits per heavy atom. The summed E-state index contributed by atoms with van der Waals surface area (Å²) < 4.78 is 5.27. The van der Waals surface area contributed by atoms with Gasteiger partial charge in [0.25, 0.3) is 0 Å². The molecule has 0 bridgehead atoms. The highest BCUT2D eigenvalue weighted by Crippen LogP contribution is 2.34. The molecule has 0 radical (unpaired) electrons. The maximum absolute atomic E-state index is 5.27. The third kappa shape index (κ3) is 3.17. The van der Waals surface area contributed by atoms with E-state index in [1.807, 2.05) is 0 Å². The monoisotopic (exact) mass is 295 g/mol. The van der Waals surface area contributed by atoms with Gasteiger partial charge in [-0.15, -0.1) is 0 Å². The minimum atomic E-state index is 0.535. The van der Waals surface area contributed by atoms with Crippen LogP contribution in [0.25, 0.3) is 0 Å². The Balaban J connectivity index is 1.75. The van der Waals surface area contributed by atoms with Crippen molar-refractivity contribution in [1.29, 1.82) is 0 Å². The first-order chi connectivity index (χ1) is 10.7. The molecule has 2 nitrogen and oxygen atoms in total. The molecule has 1 heterocycles. The zero-order valence-corrected chi connectivity index (χ0v) is 13.8. The largest absolute Gasteiger partial charge is 0.497 e. The van der Waals surface area contributed by atoms with Gasteiger partial charge in [0.15, 0.2) is 0 Å². The highest BCUT2D eigenvalue weighted by molar-refractivity contribution is 5.31. The molecule has 0 saturated carbocycles. The lowest BCUT2D eigenvalue weighted by molar-refractivity contribution is 0.248. The SMILES string of the molecule is COc1ccc([C@H]2CCCN2Cc2ccc(C)c(C)c2)cc1. The average Bonchev–Trinajstić information content (AvgIpc) is 2.99. The summed E-state index contributed by atoms with van der Waals surface area (Å²) in [5.74, 6) is 0.933. The van der Waals surface area contributed by atoms with Crippen molar-refractivity contribution in [3.05, 3.63) is 64.7 Å². The van der Waals surface area contributed by atoms with E-state index in [-0.39, 0.29) is 0 Å². The highest BCUT2D eigenvalue weighted by Gasteiger charge is 2.25. The molecule has 0 unspecified atom stereocenters. The predicted molar refractivity (Wildman–Crippen MR) is 91.3 cm³/mol. The van der Waals surface area contributed by atoms with Gasteiger partial charge in [0.1, 0.15) is 5.75 Å². The van der Waals surface area contributed by atoms with Crippen molar-refractivity contribution in [1.82, 2.24) is 4.90 Å². The molecule has 2 aromatic carbocycles. The van der Waals surface area contributed by atoms with Gasteiger partial charge in [0.05, 0.1) is 7.11 Å². The summed E-state index contributed by atoms with van der Waals surface area (Å²) in [5.41, 5.74) is 5.58. The number of hydrogen-bond donors (Lipinski definition) is 0. The lowest BCUT2D eigenvalue weighted by Crippen LogP contribution is -2.22. The van der Waals surface area contributed by atoms with Crippen molar-refractivity contribution in [2.24, 2.45) is 0 Å². The average molecular weight is 295 g/mol. The standard InChI is InChI=1S/C20H25NO/c1-15-6-7-17(13-16(15)2)14-21-12-4-5-20(21)18-8-10-19(22-3)11-9-18/h6-11,13,20H,4-5,12,14H2,1-3H3/t20-/m1/s1. The van der Waals surface area contributed by atoms with E-state index in [0.717, 1.165) is 12.3 Å². The molecule has 0 aromatic heterocycles. The summed E-state index contributed by atoms with van der Waals surface area (Å²) in [5, 5.41) is 0. The van der Waals surface area contributed by atoms with Crippen LogP contribution in [0.5, 0.6) is 5.75 Å². The second-order valence-electron chi connectivity index (χ2n) is 6.32. The summed E-state index contributed by atoms with van der Waals surface area (Å²) in [6.45, 7) is 6.60. The molecule has 2 aromatic rings. The van der Waals surface area contributed by atoms with Gasteiger partial charge >= 0.3 is 0 Å². The third-order valence-corrected chi connectivity index (χ3v) is 4.82. The van der Waals surface area contributed by atoms with Crippen molar-refractivity contribution in [2.75, 3.05) is 13.7 Å². The number of likely N-dealkylation sites (tertiary alicyclic amines) is 1. The molecule has 1 fully saturated rings. The summed E-state index contributed by atoms with van der Waals surface area (Å²) in [4.78, 5) is 2.60. The minimum Gasteiger partial charge on any atom is -0.497 e. The number of nitrogens with zero attached hydrogens (tertiary/aromatic N) is 1. The molecule has 1 aliphatic rings. The number of rotatable bonds is 4. The van der Waals surface area contributed by atoms with E-state index >= 15 is 0 Å². The summed E-state index contributed by atoms with van der Waals surface area (Å²) in [6, 6.07) is 15.9. The summed E-state index contributed by atoms with van der Waals surface area (Å²) in [7, 11) is 1.72. The zero-order chi connectivity index (χ0) is 15.5. The molecule has 1 atom stereocenters. The van der Waals surface area contributed by atoms with Crippen molar-refractivity contribution in [2.45, 2.75) is 39.3 Å². The Morgan fingerprint density at radius 3 is 2.50 bits per heavy atom. The van der Waals surface area contributed by atoms with E-state index < -0.39 is 0 Å². The normalized spacial score (nSPS) is 18.6. The van der Waals surface area contributed by atoms with Crippen molar-refractivity contribution >= 4 is 0 Å².